The van der Waals surface area contributed by atoms with Crippen molar-refractivity contribution in [2.45, 2.75) is 26.4 Å². The Balaban J connectivity index is 1.78. The highest BCUT2D eigenvalue weighted by Crippen LogP contribution is 2.16. The number of nitrogens with one attached hydrogen (secondary N) is 1. The third kappa shape index (κ3) is 5.46. The quantitative estimate of drug-likeness (QED) is 0.730. The van der Waals surface area contributed by atoms with Gasteiger partial charge in [-0.2, -0.15) is 0 Å². The Morgan fingerprint density at radius 3 is 2.86 bits per heavy atom. The lowest BCUT2D eigenvalue weighted by Gasteiger charge is -2.04. The van der Waals surface area contributed by atoms with Crippen LogP contribution in [0.25, 0.3) is 0 Å². The molecule has 1 aromatic heterocycles. The summed E-state index contributed by atoms with van der Waals surface area (Å²) in [5, 5.41) is 5.58. The molecule has 0 aliphatic rings. The Labute approximate surface area is 134 Å². The fraction of sp³-hybridized carbons (Fsp3) is 0.375. The summed E-state index contributed by atoms with van der Waals surface area (Å²) in [6, 6.07) is 7.89. The van der Waals surface area contributed by atoms with E-state index in [4.69, 9.17) is 10.5 Å². The number of amides is 1. The van der Waals surface area contributed by atoms with E-state index in [1.807, 2.05) is 36.6 Å². The first-order chi connectivity index (χ1) is 10.7. The SMILES string of the molecule is Cc1ccc(OCc2nc(CC(=O)NCCCN)cs2)cc1. The molecule has 1 heterocycles. The van der Waals surface area contributed by atoms with Gasteiger partial charge in [-0.1, -0.05) is 17.7 Å². The molecule has 118 valence electrons. The molecule has 0 spiro atoms. The number of thiazole rings is 1. The van der Waals surface area contributed by atoms with Gasteiger partial charge in [0.25, 0.3) is 0 Å². The molecular weight excluding hydrogens is 298 g/mol. The number of nitrogens with two attached hydrogens (primary N) is 1. The van der Waals surface area contributed by atoms with E-state index < -0.39 is 0 Å². The summed E-state index contributed by atoms with van der Waals surface area (Å²) >= 11 is 1.51. The number of ether oxygens (including phenoxy) is 1. The van der Waals surface area contributed by atoms with Crippen LogP contribution in [0.2, 0.25) is 0 Å². The fourth-order valence-electron chi connectivity index (χ4n) is 1.83. The van der Waals surface area contributed by atoms with Crippen molar-refractivity contribution in [3.8, 4) is 5.75 Å². The van der Waals surface area contributed by atoms with Gasteiger partial charge >= 0.3 is 0 Å². The van der Waals surface area contributed by atoms with Crippen molar-refractivity contribution in [3.63, 3.8) is 0 Å². The number of carbonyl (C=O) groups is 1. The number of nitrogens with zero attached hydrogens (tertiary/aromatic N) is 1. The van der Waals surface area contributed by atoms with E-state index in [2.05, 4.69) is 10.3 Å². The van der Waals surface area contributed by atoms with Gasteiger partial charge in [0.05, 0.1) is 12.1 Å². The number of hydrogen-bond acceptors (Lipinski definition) is 5. The average Bonchev–Trinajstić information content (AvgIpc) is 2.94. The number of hydrogen-bond donors (Lipinski definition) is 2. The van der Waals surface area contributed by atoms with Gasteiger partial charge < -0.3 is 15.8 Å². The van der Waals surface area contributed by atoms with Crippen LogP contribution in [-0.2, 0) is 17.8 Å². The summed E-state index contributed by atoms with van der Waals surface area (Å²) in [4.78, 5) is 16.1. The molecule has 0 saturated carbocycles. The van der Waals surface area contributed by atoms with Crippen molar-refractivity contribution in [2.75, 3.05) is 13.1 Å². The fourth-order valence-corrected chi connectivity index (χ4v) is 2.54. The third-order valence-electron chi connectivity index (χ3n) is 3.03. The first-order valence-electron chi connectivity index (χ1n) is 7.27. The highest BCUT2D eigenvalue weighted by Gasteiger charge is 2.08. The molecule has 0 bridgehead atoms. The molecule has 2 rings (SSSR count). The van der Waals surface area contributed by atoms with Crippen molar-refractivity contribution in [1.29, 1.82) is 0 Å². The Kier molecular flexibility index (Phi) is 6.36. The van der Waals surface area contributed by atoms with Crippen LogP contribution in [0.5, 0.6) is 5.75 Å². The summed E-state index contributed by atoms with van der Waals surface area (Å²) < 4.78 is 5.68. The molecule has 2 aromatic rings. The van der Waals surface area contributed by atoms with Crippen LogP contribution in [0.15, 0.2) is 29.6 Å². The molecule has 0 saturated heterocycles. The molecule has 0 radical (unpaired) electrons. The molecule has 22 heavy (non-hydrogen) atoms. The second-order valence-corrected chi connectivity index (χ2v) is 5.95. The predicted octanol–water partition coefficient (Wildman–Crippen LogP) is 2.04. The average molecular weight is 319 g/mol. The van der Waals surface area contributed by atoms with E-state index in [-0.39, 0.29) is 5.91 Å². The minimum atomic E-state index is -0.0234. The van der Waals surface area contributed by atoms with Crippen LogP contribution in [0.3, 0.4) is 0 Å². The first kappa shape index (κ1) is 16.5. The summed E-state index contributed by atoms with van der Waals surface area (Å²) in [6.07, 6.45) is 1.09. The van der Waals surface area contributed by atoms with Crippen LogP contribution < -0.4 is 15.8 Å². The van der Waals surface area contributed by atoms with Crippen molar-refractivity contribution in [2.24, 2.45) is 5.73 Å². The second kappa shape index (κ2) is 8.51. The molecule has 0 aliphatic heterocycles. The molecule has 0 unspecified atom stereocenters. The van der Waals surface area contributed by atoms with Crippen molar-refractivity contribution in [3.05, 3.63) is 45.9 Å². The second-order valence-electron chi connectivity index (χ2n) is 5.00. The maximum absolute atomic E-state index is 11.7. The number of aryl methyl sites for hydroxylation is 1. The Morgan fingerprint density at radius 1 is 1.36 bits per heavy atom. The molecule has 1 amide bonds. The van der Waals surface area contributed by atoms with Crippen LogP contribution in [-0.4, -0.2) is 24.0 Å². The maximum atomic E-state index is 11.7. The van der Waals surface area contributed by atoms with E-state index >= 15 is 0 Å². The lowest BCUT2D eigenvalue weighted by atomic mass is 10.2. The lowest BCUT2D eigenvalue weighted by molar-refractivity contribution is -0.120. The van der Waals surface area contributed by atoms with Crippen LogP contribution >= 0.6 is 11.3 Å². The maximum Gasteiger partial charge on any atom is 0.226 e. The standard InChI is InChI=1S/C16H21N3O2S/c1-12-3-5-14(6-4-12)21-10-16-19-13(11-22-16)9-15(20)18-8-2-7-17/h3-6,11H,2,7-10,17H2,1H3,(H,18,20). The van der Waals surface area contributed by atoms with E-state index in [1.54, 1.807) is 0 Å². The summed E-state index contributed by atoms with van der Waals surface area (Å²) in [5.74, 6) is 0.798. The van der Waals surface area contributed by atoms with E-state index in [1.165, 1.54) is 16.9 Å². The smallest absolute Gasteiger partial charge is 0.226 e. The van der Waals surface area contributed by atoms with Crippen molar-refractivity contribution < 1.29 is 9.53 Å². The van der Waals surface area contributed by atoms with Crippen LogP contribution in [0.4, 0.5) is 0 Å². The Hall–Kier alpha value is -1.92. The zero-order valence-electron chi connectivity index (χ0n) is 12.7. The van der Waals surface area contributed by atoms with E-state index in [0.717, 1.165) is 22.9 Å². The Bertz CT molecular complexity index is 596. The molecular formula is C16H21N3O2S. The van der Waals surface area contributed by atoms with Gasteiger partial charge in [-0.3, -0.25) is 4.79 Å². The van der Waals surface area contributed by atoms with Gasteiger partial charge in [-0.15, -0.1) is 11.3 Å². The van der Waals surface area contributed by atoms with Gasteiger partial charge in [-0.05, 0) is 32.0 Å². The minimum Gasteiger partial charge on any atom is -0.486 e. The zero-order chi connectivity index (χ0) is 15.8. The highest BCUT2D eigenvalue weighted by molar-refractivity contribution is 7.09. The van der Waals surface area contributed by atoms with E-state index in [0.29, 0.717) is 26.1 Å². The number of benzene rings is 1. The summed E-state index contributed by atoms with van der Waals surface area (Å²) in [5.41, 5.74) is 7.36. The first-order valence-corrected chi connectivity index (χ1v) is 8.15. The number of rotatable bonds is 8. The van der Waals surface area contributed by atoms with E-state index in [9.17, 15) is 4.79 Å². The molecule has 0 atom stereocenters. The van der Waals surface area contributed by atoms with Gasteiger partial charge in [0.1, 0.15) is 17.4 Å². The molecule has 1 aromatic carbocycles. The normalized spacial score (nSPS) is 10.5. The zero-order valence-corrected chi connectivity index (χ0v) is 13.5. The third-order valence-corrected chi connectivity index (χ3v) is 3.90. The summed E-state index contributed by atoms with van der Waals surface area (Å²) in [7, 11) is 0. The molecule has 6 heteroatoms. The van der Waals surface area contributed by atoms with Gasteiger partial charge in [0, 0.05) is 11.9 Å². The van der Waals surface area contributed by atoms with Crippen LogP contribution in [0.1, 0.15) is 22.7 Å². The molecule has 3 N–H and O–H groups in total. The predicted molar refractivity (Wildman–Crippen MR) is 88.0 cm³/mol. The van der Waals surface area contributed by atoms with Gasteiger partial charge in [0.15, 0.2) is 0 Å². The van der Waals surface area contributed by atoms with Crippen LogP contribution in [0, 0.1) is 6.92 Å². The van der Waals surface area contributed by atoms with Gasteiger partial charge in [0.2, 0.25) is 5.91 Å². The van der Waals surface area contributed by atoms with Crippen molar-refractivity contribution in [1.82, 2.24) is 10.3 Å². The summed E-state index contributed by atoms with van der Waals surface area (Å²) in [6.45, 7) is 3.65. The number of carbonyl (C=O) groups excluding carboxylic acids is 1. The molecule has 0 fully saturated rings. The van der Waals surface area contributed by atoms with Gasteiger partial charge in [-0.25, -0.2) is 4.98 Å². The topological polar surface area (TPSA) is 77.2 Å². The monoisotopic (exact) mass is 319 g/mol. The largest absolute Gasteiger partial charge is 0.486 e. The molecule has 5 nitrogen and oxygen atoms in total. The highest BCUT2D eigenvalue weighted by atomic mass is 32.1. The van der Waals surface area contributed by atoms with Crippen molar-refractivity contribution >= 4 is 17.2 Å². The minimum absolute atomic E-state index is 0.0234. The lowest BCUT2D eigenvalue weighted by Crippen LogP contribution is -2.27. The molecule has 0 aliphatic carbocycles. The Morgan fingerprint density at radius 2 is 2.14 bits per heavy atom. The number of aromatic nitrogens is 1.